The molecule has 0 aromatic carbocycles. The Morgan fingerprint density at radius 2 is 2.15 bits per heavy atom. The van der Waals surface area contributed by atoms with Crippen LogP contribution < -0.4 is 0 Å². The normalized spacial score (nSPS) is 9.85. The third-order valence-corrected chi connectivity index (χ3v) is 1.45. The fraction of sp³-hybridized carbons (Fsp3) is 0.250. The third kappa shape index (κ3) is 2.21. The zero-order valence-corrected chi connectivity index (χ0v) is 7.21. The molecule has 0 spiro atoms. The molecule has 0 aliphatic heterocycles. The number of nitrogens with zero attached hydrogens (tertiary/aromatic N) is 2. The highest BCUT2D eigenvalue weighted by Crippen LogP contribution is 2.04. The van der Waals surface area contributed by atoms with E-state index in [1.54, 1.807) is 19.9 Å². The van der Waals surface area contributed by atoms with Crippen LogP contribution in [0.15, 0.2) is 18.2 Å². The molecule has 5 heteroatoms. The second kappa shape index (κ2) is 3.47. The highest BCUT2D eigenvalue weighted by molar-refractivity contribution is 5.89. The summed E-state index contributed by atoms with van der Waals surface area (Å²) in [4.78, 5) is 11.0. The monoisotopic (exact) mass is 186 g/mol. The average molecular weight is 186 g/mol. The minimum absolute atomic E-state index is 0.249. The summed E-state index contributed by atoms with van der Waals surface area (Å²) in [7, 11) is 0. The lowest BCUT2D eigenvalue weighted by Crippen LogP contribution is -2.11. The number of aryl methyl sites for hydroxylation is 2. The standard InChI is InChI=1S/C8H8F2N2O/c1-5-3-6(2)12(11-5)8(13)4-7(9)10/h3-4H,1-2H3. The Bertz CT molecular complexity index is 364. The summed E-state index contributed by atoms with van der Waals surface area (Å²) in [5.41, 5.74) is 1.17. The molecule has 0 aliphatic carbocycles. The van der Waals surface area contributed by atoms with Crippen molar-refractivity contribution in [2.45, 2.75) is 13.8 Å². The lowest BCUT2D eigenvalue weighted by atomic mass is 10.4. The number of carbonyl (C=O) groups excluding carboxylic acids is 1. The van der Waals surface area contributed by atoms with Gasteiger partial charge in [0.15, 0.2) is 0 Å². The zero-order valence-electron chi connectivity index (χ0n) is 7.21. The lowest BCUT2D eigenvalue weighted by molar-refractivity contribution is 0.0946. The molecule has 1 aromatic heterocycles. The van der Waals surface area contributed by atoms with Gasteiger partial charge in [-0.2, -0.15) is 13.9 Å². The Kier molecular flexibility index (Phi) is 2.55. The molecule has 0 saturated carbocycles. The zero-order chi connectivity index (χ0) is 10.0. The molecule has 1 aromatic rings. The lowest BCUT2D eigenvalue weighted by Gasteiger charge is -1.95. The molecule has 0 aliphatic rings. The van der Waals surface area contributed by atoms with Crippen molar-refractivity contribution in [1.82, 2.24) is 9.78 Å². The van der Waals surface area contributed by atoms with E-state index >= 15 is 0 Å². The van der Waals surface area contributed by atoms with E-state index in [2.05, 4.69) is 5.10 Å². The smallest absolute Gasteiger partial charge is 0.267 e. The van der Waals surface area contributed by atoms with Gasteiger partial charge >= 0.3 is 0 Å². The first-order valence-electron chi connectivity index (χ1n) is 3.61. The van der Waals surface area contributed by atoms with Gasteiger partial charge in [-0.05, 0) is 19.9 Å². The van der Waals surface area contributed by atoms with Crippen molar-refractivity contribution in [3.63, 3.8) is 0 Å². The number of rotatable bonds is 1. The molecule has 0 amide bonds. The summed E-state index contributed by atoms with van der Waals surface area (Å²) in [6.07, 6.45) is -1.77. The Balaban J connectivity index is 3.02. The van der Waals surface area contributed by atoms with Gasteiger partial charge in [0.25, 0.3) is 12.0 Å². The first kappa shape index (κ1) is 9.57. The quantitative estimate of drug-likeness (QED) is 0.628. The van der Waals surface area contributed by atoms with Crippen LogP contribution in [0.25, 0.3) is 0 Å². The first-order valence-corrected chi connectivity index (χ1v) is 3.61. The first-order chi connectivity index (χ1) is 6.00. The third-order valence-electron chi connectivity index (χ3n) is 1.45. The number of allylic oxidation sites excluding steroid dienone is 1. The van der Waals surface area contributed by atoms with Crippen LogP contribution in [0.2, 0.25) is 0 Å². The fourth-order valence-electron chi connectivity index (χ4n) is 1.01. The van der Waals surface area contributed by atoms with Gasteiger partial charge in [0, 0.05) is 5.69 Å². The van der Waals surface area contributed by atoms with Gasteiger partial charge in [0.1, 0.15) is 0 Å². The van der Waals surface area contributed by atoms with Crippen LogP contribution in [0, 0.1) is 13.8 Å². The van der Waals surface area contributed by atoms with E-state index in [0.29, 0.717) is 11.4 Å². The summed E-state index contributed by atoms with van der Waals surface area (Å²) in [6.45, 7) is 3.31. The van der Waals surface area contributed by atoms with Gasteiger partial charge in [-0.15, -0.1) is 0 Å². The van der Waals surface area contributed by atoms with E-state index in [1.165, 1.54) is 0 Å². The van der Waals surface area contributed by atoms with Crippen molar-refractivity contribution in [2.75, 3.05) is 0 Å². The molecule has 1 heterocycles. The van der Waals surface area contributed by atoms with E-state index < -0.39 is 12.0 Å². The molecule has 0 bridgehead atoms. The van der Waals surface area contributed by atoms with E-state index in [9.17, 15) is 13.6 Å². The van der Waals surface area contributed by atoms with Crippen molar-refractivity contribution < 1.29 is 13.6 Å². The number of carbonyl (C=O) groups is 1. The van der Waals surface area contributed by atoms with Gasteiger partial charge in [-0.3, -0.25) is 4.79 Å². The van der Waals surface area contributed by atoms with Crippen LogP contribution in [0.1, 0.15) is 16.2 Å². The van der Waals surface area contributed by atoms with Crippen molar-refractivity contribution in [1.29, 1.82) is 0 Å². The summed E-state index contributed by atoms with van der Waals surface area (Å²) in [5.74, 6) is -0.828. The molecule has 0 saturated heterocycles. The Hall–Kier alpha value is -1.52. The predicted molar refractivity (Wildman–Crippen MR) is 42.6 cm³/mol. The van der Waals surface area contributed by atoms with Crippen molar-refractivity contribution in [3.05, 3.63) is 29.6 Å². The summed E-state index contributed by atoms with van der Waals surface area (Å²) >= 11 is 0. The number of hydrogen-bond acceptors (Lipinski definition) is 2. The van der Waals surface area contributed by atoms with Crippen LogP contribution in [0.3, 0.4) is 0 Å². The van der Waals surface area contributed by atoms with Crippen LogP contribution in [0.5, 0.6) is 0 Å². The van der Waals surface area contributed by atoms with Crippen molar-refractivity contribution in [2.24, 2.45) is 0 Å². The minimum Gasteiger partial charge on any atom is -0.267 e. The van der Waals surface area contributed by atoms with Gasteiger partial charge in [0.05, 0.1) is 11.8 Å². The molecule has 0 atom stereocenters. The summed E-state index contributed by atoms with van der Waals surface area (Å²) < 4.78 is 24.4. The molecule has 1 rings (SSSR count). The molecular formula is C8H8F2N2O. The number of halogens is 2. The highest BCUT2D eigenvalue weighted by Gasteiger charge is 2.08. The predicted octanol–water partition coefficient (Wildman–Crippen LogP) is 1.92. The van der Waals surface area contributed by atoms with Gasteiger partial charge in [0.2, 0.25) is 0 Å². The average Bonchev–Trinajstić information content (AvgIpc) is 2.28. The Morgan fingerprint density at radius 1 is 1.54 bits per heavy atom. The van der Waals surface area contributed by atoms with Crippen molar-refractivity contribution >= 4 is 5.91 Å². The highest BCUT2D eigenvalue weighted by atomic mass is 19.3. The second-order valence-electron chi connectivity index (χ2n) is 2.61. The Morgan fingerprint density at radius 3 is 2.54 bits per heavy atom. The van der Waals surface area contributed by atoms with Crippen LogP contribution >= 0.6 is 0 Å². The summed E-state index contributed by atoms with van der Waals surface area (Å²) in [6, 6.07) is 1.64. The molecule has 70 valence electrons. The van der Waals surface area contributed by atoms with Crippen LogP contribution in [-0.2, 0) is 0 Å². The number of hydrogen-bond donors (Lipinski definition) is 0. The maximum absolute atomic E-state index is 11.7. The largest absolute Gasteiger partial charge is 0.276 e. The van der Waals surface area contributed by atoms with E-state index in [0.717, 1.165) is 4.68 Å². The topological polar surface area (TPSA) is 34.9 Å². The molecule has 0 radical (unpaired) electrons. The molecule has 3 nitrogen and oxygen atoms in total. The molecule has 13 heavy (non-hydrogen) atoms. The van der Waals surface area contributed by atoms with Gasteiger partial charge in [-0.1, -0.05) is 0 Å². The molecule has 0 unspecified atom stereocenters. The van der Waals surface area contributed by atoms with Gasteiger partial charge in [-0.25, -0.2) is 4.68 Å². The van der Waals surface area contributed by atoms with Crippen molar-refractivity contribution in [3.8, 4) is 0 Å². The SMILES string of the molecule is Cc1cc(C)n(C(=O)C=C(F)F)n1. The van der Waals surface area contributed by atoms with E-state index in [4.69, 9.17) is 0 Å². The summed E-state index contributed by atoms with van der Waals surface area (Å²) in [5, 5.41) is 3.75. The van der Waals surface area contributed by atoms with Crippen LogP contribution in [0.4, 0.5) is 8.78 Å². The second-order valence-corrected chi connectivity index (χ2v) is 2.61. The minimum atomic E-state index is -2.02. The fourth-order valence-corrected chi connectivity index (χ4v) is 1.01. The molecule has 0 N–H and O–H groups in total. The maximum atomic E-state index is 11.7. The van der Waals surface area contributed by atoms with Crippen LogP contribution in [-0.4, -0.2) is 15.7 Å². The van der Waals surface area contributed by atoms with E-state index in [-0.39, 0.29) is 6.08 Å². The maximum Gasteiger partial charge on any atom is 0.276 e. The van der Waals surface area contributed by atoms with E-state index in [1.807, 2.05) is 0 Å². The molecule has 0 fully saturated rings. The molecular weight excluding hydrogens is 178 g/mol. The number of aromatic nitrogens is 2. The Labute approximate surface area is 73.7 Å². The van der Waals surface area contributed by atoms with Gasteiger partial charge < -0.3 is 0 Å².